The summed E-state index contributed by atoms with van der Waals surface area (Å²) in [5, 5.41) is 3.40. The zero-order chi connectivity index (χ0) is 18.8. The zero-order valence-corrected chi connectivity index (χ0v) is 14.8. The van der Waals surface area contributed by atoms with Gasteiger partial charge in [-0.15, -0.1) is 0 Å². The van der Waals surface area contributed by atoms with Gasteiger partial charge in [-0.05, 0) is 42.8 Å². The highest BCUT2D eigenvalue weighted by Crippen LogP contribution is 2.25. The van der Waals surface area contributed by atoms with E-state index in [-0.39, 0.29) is 11.7 Å². The third-order valence-electron chi connectivity index (χ3n) is 4.35. The van der Waals surface area contributed by atoms with Crippen LogP contribution < -0.4 is 10.2 Å². The second kappa shape index (κ2) is 7.45. The van der Waals surface area contributed by atoms with E-state index >= 15 is 0 Å². The number of aryl methyl sites for hydroxylation is 1. The lowest BCUT2D eigenvalue weighted by Crippen LogP contribution is -2.50. The minimum Gasteiger partial charge on any atom is -0.366 e. The number of carbonyl (C=O) groups is 1. The molecule has 0 saturated carbocycles. The molecule has 26 heavy (non-hydrogen) atoms. The molecule has 0 unspecified atom stereocenters. The van der Waals surface area contributed by atoms with Crippen LogP contribution in [0.4, 0.5) is 29.3 Å². The number of amides is 2. The summed E-state index contributed by atoms with van der Waals surface area (Å²) in [5.41, 5.74) is 1.50. The average Bonchev–Trinajstić information content (AvgIpc) is 2.62. The number of rotatable bonds is 2. The lowest BCUT2D eigenvalue weighted by molar-refractivity contribution is 0.208. The van der Waals surface area contributed by atoms with Crippen LogP contribution in [0.25, 0.3) is 0 Å². The fourth-order valence-corrected chi connectivity index (χ4v) is 3.10. The van der Waals surface area contributed by atoms with E-state index in [0.29, 0.717) is 36.9 Å². The smallest absolute Gasteiger partial charge is 0.321 e. The molecule has 0 aromatic heterocycles. The third kappa shape index (κ3) is 3.72. The highest BCUT2D eigenvalue weighted by atomic mass is 35.5. The van der Waals surface area contributed by atoms with Crippen LogP contribution in [-0.2, 0) is 0 Å². The fraction of sp³-hybridized carbons (Fsp3) is 0.278. The summed E-state index contributed by atoms with van der Waals surface area (Å²) in [4.78, 5) is 15.6. The van der Waals surface area contributed by atoms with Gasteiger partial charge in [0.25, 0.3) is 0 Å². The van der Waals surface area contributed by atoms with Crippen molar-refractivity contribution in [3.05, 3.63) is 58.4 Å². The monoisotopic (exact) mass is 383 g/mol. The third-order valence-corrected chi connectivity index (χ3v) is 4.59. The molecule has 3 rings (SSSR count). The van der Waals surface area contributed by atoms with Gasteiger partial charge in [0.2, 0.25) is 0 Å². The lowest BCUT2D eigenvalue weighted by Gasteiger charge is -2.36. The molecule has 0 spiro atoms. The fourth-order valence-electron chi connectivity index (χ4n) is 2.87. The molecular weight excluding hydrogens is 367 g/mol. The molecule has 1 heterocycles. The van der Waals surface area contributed by atoms with E-state index in [2.05, 4.69) is 5.32 Å². The molecule has 0 radical (unpaired) electrons. The van der Waals surface area contributed by atoms with Crippen molar-refractivity contribution in [2.24, 2.45) is 0 Å². The molecule has 0 bridgehead atoms. The minimum atomic E-state index is -1.49. The molecule has 4 nitrogen and oxygen atoms in total. The molecule has 1 saturated heterocycles. The number of benzene rings is 2. The van der Waals surface area contributed by atoms with Crippen LogP contribution in [-0.4, -0.2) is 37.1 Å². The molecule has 138 valence electrons. The molecule has 2 amide bonds. The summed E-state index contributed by atoms with van der Waals surface area (Å²) in [6, 6.07) is 6.99. The van der Waals surface area contributed by atoms with Crippen LogP contribution in [0.1, 0.15) is 5.56 Å². The Kier molecular flexibility index (Phi) is 5.27. The van der Waals surface area contributed by atoms with E-state index in [1.165, 1.54) is 6.07 Å². The largest absolute Gasteiger partial charge is 0.366 e. The standard InChI is InChI=1S/C18H17ClF3N3O/c1-11-10-12(19)2-4-14(11)23-18(26)25-8-6-24(7-9-25)15-5-3-13(20)16(21)17(15)22/h2-5,10H,6-9H2,1H3,(H,23,26). The van der Waals surface area contributed by atoms with E-state index < -0.39 is 17.5 Å². The van der Waals surface area contributed by atoms with Crippen LogP contribution in [0, 0.1) is 24.4 Å². The van der Waals surface area contributed by atoms with Crippen molar-refractivity contribution in [3.8, 4) is 0 Å². The number of anilines is 2. The van der Waals surface area contributed by atoms with E-state index in [9.17, 15) is 18.0 Å². The van der Waals surface area contributed by atoms with E-state index in [0.717, 1.165) is 11.6 Å². The summed E-state index contributed by atoms with van der Waals surface area (Å²) in [7, 11) is 0. The van der Waals surface area contributed by atoms with Crippen molar-refractivity contribution in [2.45, 2.75) is 6.92 Å². The van der Waals surface area contributed by atoms with Gasteiger partial charge in [0, 0.05) is 36.9 Å². The molecule has 2 aromatic carbocycles. The second-order valence-corrected chi connectivity index (χ2v) is 6.49. The summed E-state index contributed by atoms with van der Waals surface area (Å²) in [5.74, 6) is -3.91. The summed E-state index contributed by atoms with van der Waals surface area (Å²) in [6.45, 7) is 3.13. The van der Waals surface area contributed by atoms with Crippen molar-refractivity contribution in [1.82, 2.24) is 4.90 Å². The van der Waals surface area contributed by atoms with Gasteiger partial charge < -0.3 is 15.1 Å². The molecule has 0 aliphatic carbocycles. The highest BCUT2D eigenvalue weighted by Gasteiger charge is 2.25. The number of nitrogens with zero attached hydrogens (tertiary/aromatic N) is 2. The number of carbonyl (C=O) groups excluding carboxylic acids is 1. The first kappa shape index (κ1) is 18.4. The maximum atomic E-state index is 13.9. The van der Waals surface area contributed by atoms with Crippen molar-refractivity contribution in [2.75, 3.05) is 36.4 Å². The second-order valence-electron chi connectivity index (χ2n) is 6.06. The number of halogens is 4. The maximum Gasteiger partial charge on any atom is 0.321 e. The van der Waals surface area contributed by atoms with Crippen LogP contribution >= 0.6 is 11.6 Å². The van der Waals surface area contributed by atoms with Crippen LogP contribution in [0.5, 0.6) is 0 Å². The summed E-state index contributed by atoms with van der Waals surface area (Å²) < 4.78 is 40.4. The Morgan fingerprint density at radius 1 is 1.04 bits per heavy atom. The normalized spacial score (nSPS) is 14.5. The first-order valence-electron chi connectivity index (χ1n) is 8.07. The number of piperazine rings is 1. The number of hydrogen-bond donors (Lipinski definition) is 1. The number of hydrogen-bond acceptors (Lipinski definition) is 2. The zero-order valence-electron chi connectivity index (χ0n) is 14.0. The lowest BCUT2D eigenvalue weighted by atomic mass is 10.2. The van der Waals surface area contributed by atoms with E-state index in [1.807, 2.05) is 6.92 Å². The molecule has 0 atom stereocenters. The van der Waals surface area contributed by atoms with Gasteiger partial charge >= 0.3 is 6.03 Å². The molecule has 1 aliphatic rings. The van der Waals surface area contributed by atoms with Crippen LogP contribution in [0.15, 0.2) is 30.3 Å². The Bertz CT molecular complexity index is 839. The van der Waals surface area contributed by atoms with Crippen molar-refractivity contribution in [3.63, 3.8) is 0 Å². The van der Waals surface area contributed by atoms with Gasteiger partial charge in [0.1, 0.15) is 0 Å². The number of nitrogens with one attached hydrogen (secondary N) is 1. The van der Waals surface area contributed by atoms with Gasteiger partial charge in [-0.3, -0.25) is 0 Å². The quantitative estimate of drug-likeness (QED) is 0.779. The van der Waals surface area contributed by atoms with E-state index in [4.69, 9.17) is 11.6 Å². The van der Waals surface area contributed by atoms with Crippen LogP contribution in [0.2, 0.25) is 5.02 Å². The molecule has 1 fully saturated rings. The highest BCUT2D eigenvalue weighted by molar-refractivity contribution is 6.30. The Labute approximate surface area is 154 Å². The van der Waals surface area contributed by atoms with Crippen molar-refractivity contribution >= 4 is 29.0 Å². The molecule has 8 heteroatoms. The number of urea groups is 1. The van der Waals surface area contributed by atoms with Gasteiger partial charge in [-0.2, -0.15) is 0 Å². The first-order chi connectivity index (χ1) is 12.4. The average molecular weight is 384 g/mol. The minimum absolute atomic E-state index is 0.00231. The summed E-state index contributed by atoms with van der Waals surface area (Å²) in [6.07, 6.45) is 0. The topological polar surface area (TPSA) is 35.6 Å². The molecule has 1 N–H and O–H groups in total. The molecule has 2 aromatic rings. The van der Waals surface area contributed by atoms with Gasteiger partial charge in [-0.25, -0.2) is 18.0 Å². The van der Waals surface area contributed by atoms with Gasteiger partial charge in [0.15, 0.2) is 17.5 Å². The van der Waals surface area contributed by atoms with Gasteiger partial charge in [-0.1, -0.05) is 11.6 Å². The van der Waals surface area contributed by atoms with Crippen molar-refractivity contribution < 1.29 is 18.0 Å². The van der Waals surface area contributed by atoms with Gasteiger partial charge in [0.05, 0.1) is 5.69 Å². The predicted octanol–water partition coefficient (Wildman–Crippen LogP) is 4.42. The SMILES string of the molecule is Cc1cc(Cl)ccc1NC(=O)N1CCN(c2ccc(F)c(F)c2F)CC1. The maximum absolute atomic E-state index is 13.9. The predicted molar refractivity (Wildman–Crippen MR) is 95.3 cm³/mol. The summed E-state index contributed by atoms with van der Waals surface area (Å²) >= 11 is 5.90. The molecule has 1 aliphatic heterocycles. The first-order valence-corrected chi connectivity index (χ1v) is 8.45. The van der Waals surface area contributed by atoms with Crippen LogP contribution in [0.3, 0.4) is 0 Å². The Balaban J connectivity index is 1.63. The van der Waals surface area contributed by atoms with E-state index in [1.54, 1.807) is 28.0 Å². The Morgan fingerprint density at radius 3 is 2.38 bits per heavy atom. The Hall–Kier alpha value is -2.41. The molecular formula is C18H17ClF3N3O. The Morgan fingerprint density at radius 2 is 1.73 bits per heavy atom. The van der Waals surface area contributed by atoms with Crippen molar-refractivity contribution in [1.29, 1.82) is 0 Å².